The van der Waals surface area contributed by atoms with Crippen molar-refractivity contribution in [3.05, 3.63) is 62.0 Å². The van der Waals surface area contributed by atoms with Crippen LogP contribution in [0.15, 0.2) is 56.9 Å². The van der Waals surface area contributed by atoms with Gasteiger partial charge in [0, 0.05) is 26.4 Å². The number of hydrogen-bond donors (Lipinski definition) is 0. The normalized spacial score (nSPS) is 15.4. The first-order valence-corrected chi connectivity index (χ1v) is 9.87. The average Bonchev–Trinajstić information content (AvgIpc) is 2.53. The van der Waals surface area contributed by atoms with Crippen molar-refractivity contribution in [3.8, 4) is 0 Å². The van der Waals surface area contributed by atoms with Crippen LogP contribution in [0.5, 0.6) is 0 Å². The van der Waals surface area contributed by atoms with Gasteiger partial charge in [0.2, 0.25) is 9.84 Å². The van der Waals surface area contributed by atoms with E-state index >= 15 is 0 Å². The van der Waals surface area contributed by atoms with Crippen molar-refractivity contribution in [2.75, 3.05) is 12.0 Å². The summed E-state index contributed by atoms with van der Waals surface area (Å²) in [7, 11) is -2.89. The Bertz CT molecular complexity index is 1000. The summed E-state index contributed by atoms with van der Waals surface area (Å²) < 4.78 is 30.8. The number of hydrogen-bond acceptors (Lipinski definition) is 5. The van der Waals surface area contributed by atoms with Gasteiger partial charge in [-0.1, -0.05) is 39.1 Å². The standard InChI is InChI=1S/C16H10BrCl2NO4S/c1-24-16(21)15-8-20(12-6-10(18)5-11(19)7-12)13-4-9(17)2-3-14(13)25(15,22)23/h2-8H,1H3. The Balaban J connectivity index is 2.32. The van der Waals surface area contributed by atoms with Gasteiger partial charge in [0.25, 0.3) is 0 Å². The molecule has 0 fully saturated rings. The fourth-order valence-electron chi connectivity index (χ4n) is 2.44. The van der Waals surface area contributed by atoms with Crippen LogP contribution in [0, 0.1) is 0 Å². The molecule has 0 radical (unpaired) electrons. The lowest BCUT2D eigenvalue weighted by Crippen LogP contribution is -2.26. The van der Waals surface area contributed by atoms with Crippen molar-refractivity contribution in [1.82, 2.24) is 0 Å². The molecule has 0 aromatic heterocycles. The first kappa shape index (κ1) is 18.3. The van der Waals surface area contributed by atoms with Crippen molar-refractivity contribution in [3.63, 3.8) is 0 Å². The Morgan fingerprint density at radius 2 is 1.76 bits per heavy atom. The summed E-state index contributed by atoms with van der Waals surface area (Å²) in [6.45, 7) is 0. The van der Waals surface area contributed by atoms with Crippen molar-refractivity contribution < 1.29 is 17.9 Å². The maximum absolute atomic E-state index is 12.8. The van der Waals surface area contributed by atoms with E-state index in [0.29, 0.717) is 25.9 Å². The second-order valence-electron chi connectivity index (χ2n) is 5.10. The average molecular weight is 463 g/mol. The van der Waals surface area contributed by atoms with Gasteiger partial charge in [0.05, 0.1) is 17.7 Å². The number of methoxy groups -OCH3 is 1. The van der Waals surface area contributed by atoms with Crippen LogP contribution >= 0.6 is 39.1 Å². The summed E-state index contributed by atoms with van der Waals surface area (Å²) in [6, 6.07) is 9.42. The van der Waals surface area contributed by atoms with E-state index in [4.69, 9.17) is 23.2 Å². The molecule has 2 aromatic rings. The molecule has 0 saturated carbocycles. The third-order valence-electron chi connectivity index (χ3n) is 3.52. The molecule has 0 bridgehead atoms. The Kier molecular flexibility index (Phi) is 4.85. The highest BCUT2D eigenvalue weighted by molar-refractivity contribution is 9.10. The van der Waals surface area contributed by atoms with Gasteiger partial charge in [-0.3, -0.25) is 0 Å². The molecule has 25 heavy (non-hydrogen) atoms. The molecule has 0 aliphatic carbocycles. The second kappa shape index (κ2) is 6.64. The van der Waals surface area contributed by atoms with Crippen molar-refractivity contribution in [1.29, 1.82) is 0 Å². The van der Waals surface area contributed by atoms with E-state index in [1.807, 2.05) is 0 Å². The Hall–Kier alpha value is -1.54. The largest absolute Gasteiger partial charge is 0.465 e. The molecule has 0 N–H and O–H groups in total. The van der Waals surface area contributed by atoms with Gasteiger partial charge in [0.1, 0.15) is 0 Å². The summed E-state index contributed by atoms with van der Waals surface area (Å²) in [4.78, 5) is 13.1. The van der Waals surface area contributed by atoms with Gasteiger partial charge in [-0.2, -0.15) is 0 Å². The Labute approximate surface area is 162 Å². The van der Waals surface area contributed by atoms with E-state index in [1.54, 1.807) is 30.3 Å². The van der Waals surface area contributed by atoms with E-state index in [-0.39, 0.29) is 4.90 Å². The molecule has 3 rings (SSSR count). The van der Waals surface area contributed by atoms with Gasteiger partial charge in [-0.15, -0.1) is 0 Å². The molecule has 0 saturated heterocycles. The van der Waals surface area contributed by atoms with E-state index in [9.17, 15) is 13.2 Å². The zero-order chi connectivity index (χ0) is 18.4. The highest BCUT2D eigenvalue weighted by atomic mass is 79.9. The van der Waals surface area contributed by atoms with Gasteiger partial charge in [-0.25, -0.2) is 13.2 Å². The third-order valence-corrected chi connectivity index (χ3v) is 6.22. The molecule has 0 spiro atoms. The van der Waals surface area contributed by atoms with Crippen molar-refractivity contribution in [2.24, 2.45) is 0 Å². The molecule has 1 aliphatic heterocycles. The van der Waals surface area contributed by atoms with Gasteiger partial charge in [0.15, 0.2) is 4.91 Å². The minimum Gasteiger partial charge on any atom is -0.465 e. The summed E-state index contributed by atoms with van der Waals surface area (Å²) in [5.74, 6) is -0.952. The van der Waals surface area contributed by atoms with E-state index in [2.05, 4.69) is 20.7 Å². The molecule has 1 aliphatic rings. The van der Waals surface area contributed by atoms with Crippen LogP contribution in [0.2, 0.25) is 10.0 Å². The summed E-state index contributed by atoms with van der Waals surface area (Å²) in [5, 5.41) is 0.751. The minimum atomic E-state index is -4.01. The quantitative estimate of drug-likeness (QED) is 0.605. The highest BCUT2D eigenvalue weighted by Crippen LogP contribution is 2.42. The molecule has 9 heteroatoms. The van der Waals surface area contributed by atoms with Gasteiger partial charge < -0.3 is 9.64 Å². The van der Waals surface area contributed by atoms with E-state index in [0.717, 1.165) is 7.11 Å². The topological polar surface area (TPSA) is 63.7 Å². The smallest absolute Gasteiger partial charge is 0.351 e. The van der Waals surface area contributed by atoms with E-state index < -0.39 is 20.7 Å². The first-order chi connectivity index (χ1) is 11.7. The van der Waals surface area contributed by atoms with E-state index in [1.165, 1.54) is 17.2 Å². The summed E-state index contributed by atoms with van der Waals surface area (Å²) in [6.07, 6.45) is 1.21. The maximum Gasteiger partial charge on any atom is 0.351 e. The van der Waals surface area contributed by atoms with Crippen LogP contribution in [0.3, 0.4) is 0 Å². The number of fused-ring (bicyclic) bond motifs is 1. The Morgan fingerprint density at radius 1 is 1.12 bits per heavy atom. The van der Waals surface area contributed by atoms with Crippen LogP contribution in [-0.4, -0.2) is 21.5 Å². The number of benzene rings is 2. The number of sulfone groups is 1. The minimum absolute atomic E-state index is 0.0188. The number of esters is 1. The van der Waals surface area contributed by atoms with Gasteiger partial charge >= 0.3 is 5.97 Å². The first-order valence-electron chi connectivity index (χ1n) is 6.84. The predicted octanol–water partition coefficient (Wildman–Crippen LogP) is 4.70. The third kappa shape index (κ3) is 3.29. The number of carbonyl (C=O) groups is 1. The molecule has 5 nitrogen and oxygen atoms in total. The lowest BCUT2D eigenvalue weighted by Gasteiger charge is -2.29. The van der Waals surface area contributed by atoms with Crippen LogP contribution in [0.4, 0.5) is 11.4 Å². The lowest BCUT2D eigenvalue weighted by molar-refractivity contribution is -0.135. The Morgan fingerprint density at radius 3 is 2.36 bits per heavy atom. The molecule has 0 amide bonds. The predicted molar refractivity (Wildman–Crippen MR) is 100 cm³/mol. The van der Waals surface area contributed by atoms with Crippen LogP contribution < -0.4 is 4.90 Å². The number of ether oxygens (including phenoxy) is 1. The zero-order valence-electron chi connectivity index (χ0n) is 12.7. The maximum atomic E-state index is 12.8. The van der Waals surface area contributed by atoms with Crippen molar-refractivity contribution in [2.45, 2.75) is 4.90 Å². The highest BCUT2D eigenvalue weighted by Gasteiger charge is 2.36. The fourth-order valence-corrected chi connectivity index (χ4v) is 4.76. The number of carbonyl (C=O) groups excluding carboxylic acids is 1. The molecule has 0 atom stereocenters. The monoisotopic (exact) mass is 461 g/mol. The van der Waals surface area contributed by atoms with Crippen LogP contribution in [-0.2, 0) is 19.4 Å². The molecular weight excluding hydrogens is 453 g/mol. The van der Waals surface area contributed by atoms with Crippen molar-refractivity contribution >= 4 is 66.3 Å². The second-order valence-corrected chi connectivity index (χ2v) is 8.77. The molecule has 0 unspecified atom stereocenters. The molecule has 2 aromatic carbocycles. The van der Waals surface area contributed by atoms with Crippen LogP contribution in [0.25, 0.3) is 0 Å². The van der Waals surface area contributed by atoms with Crippen LogP contribution in [0.1, 0.15) is 0 Å². The lowest BCUT2D eigenvalue weighted by atomic mass is 10.2. The molecular formula is C16H10BrCl2NO4S. The SMILES string of the molecule is COC(=O)C1=CN(c2cc(Cl)cc(Cl)c2)c2cc(Br)ccc2S1(=O)=O. The van der Waals surface area contributed by atoms with Gasteiger partial charge in [-0.05, 0) is 36.4 Å². The number of anilines is 2. The number of halogens is 3. The number of nitrogens with zero attached hydrogens (tertiary/aromatic N) is 1. The fraction of sp³-hybridized carbons (Fsp3) is 0.0625. The number of rotatable bonds is 2. The zero-order valence-corrected chi connectivity index (χ0v) is 16.6. The summed E-state index contributed by atoms with van der Waals surface area (Å²) in [5.41, 5.74) is 0.869. The molecule has 1 heterocycles. The molecule has 130 valence electrons. The summed E-state index contributed by atoms with van der Waals surface area (Å²) >= 11 is 15.4.